The molecule has 0 radical (unpaired) electrons. The normalized spacial score (nSPS) is 33.0. The molecule has 0 spiro atoms. The van der Waals surface area contributed by atoms with Gasteiger partial charge in [-0.25, -0.2) is 0 Å². The van der Waals surface area contributed by atoms with Crippen LogP contribution < -0.4 is 5.43 Å². The number of hydrazone groups is 1. The maximum absolute atomic E-state index is 4.36. The molecule has 4 saturated carbocycles. The molecule has 2 aromatic rings. The van der Waals surface area contributed by atoms with E-state index in [1.54, 1.807) is 5.56 Å². The average Bonchev–Trinajstić information content (AvgIpc) is 2.62. The minimum absolute atomic E-state index is 0.493. The first kappa shape index (κ1) is 15.2. The average molecular weight is 330 g/mol. The Bertz CT molecular complexity index is 725. The summed E-state index contributed by atoms with van der Waals surface area (Å²) in [5, 5.41) is 4.36. The predicted octanol–water partition coefficient (Wildman–Crippen LogP) is 5.60. The van der Waals surface area contributed by atoms with Crippen LogP contribution >= 0.6 is 0 Å². The van der Waals surface area contributed by atoms with E-state index in [0.29, 0.717) is 5.41 Å². The van der Waals surface area contributed by atoms with Crippen LogP contribution in [0.25, 0.3) is 0 Å². The summed E-state index contributed by atoms with van der Waals surface area (Å²) >= 11 is 0. The van der Waals surface area contributed by atoms with Gasteiger partial charge in [-0.15, -0.1) is 0 Å². The highest BCUT2D eigenvalue weighted by Crippen LogP contribution is 2.60. The fourth-order valence-corrected chi connectivity index (χ4v) is 6.08. The van der Waals surface area contributed by atoms with E-state index < -0.39 is 0 Å². The van der Waals surface area contributed by atoms with Gasteiger partial charge in [0.25, 0.3) is 0 Å². The number of hydrogen-bond acceptors (Lipinski definition) is 2. The molecule has 4 fully saturated rings. The first-order chi connectivity index (χ1) is 12.3. The fraction of sp³-hybridized carbons (Fsp3) is 0.435. The molecular formula is C23H26N2. The van der Waals surface area contributed by atoms with Gasteiger partial charge >= 0.3 is 0 Å². The number of hydrogen-bond donors (Lipinski definition) is 1. The zero-order valence-corrected chi connectivity index (χ0v) is 14.7. The first-order valence-electron chi connectivity index (χ1n) is 9.74. The zero-order valence-electron chi connectivity index (χ0n) is 14.7. The van der Waals surface area contributed by atoms with Crippen molar-refractivity contribution in [3.63, 3.8) is 0 Å². The molecule has 0 aliphatic heterocycles. The van der Waals surface area contributed by atoms with Crippen LogP contribution in [-0.4, -0.2) is 6.21 Å². The Morgan fingerprint density at radius 3 is 2.00 bits per heavy atom. The van der Waals surface area contributed by atoms with E-state index in [1.165, 1.54) is 38.5 Å². The van der Waals surface area contributed by atoms with Gasteiger partial charge in [0, 0.05) is 0 Å². The molecule has 0 unspecified atom stereocenters. The van der Waals surface area contributed by atoms with Gasteiger partial charge in [-0.05, 0) is 85.0 Å². The largest absolute Gasteiger partial charge is 0.279 e. The third kappa shape index (κ3) is 2.88. The van der Waals surface area contributed by atoms with Crippen molar-refractivity contribution in [2.45, 2.75) is 43.9 Å². The summed E-state index contributed by atoms with van der Waals surface area (Å²) in [5.41, 5.74) is 7.34. The zero-order chi connectivity index (χ0) is 16.7. The fourth-order valence-electron chi connectivity index (χ4n) is 6.08. The Labute approximate surface area is 150 Å². The molecule has 1 N–H and O–H groups in total. The van der Waals surface area contributed by atoms with Gasteiger partial charge in [0.15, 0.2) is 0 Å². The lowest BCUT2D eigenvalue weighted by Gasteiger charge is -2.57. The molecule has 2 nitrogen and oxygen atoms in total. The summed E-state index contributed by atoms with van der Waals surface area (Å²) < 4.78 is 0. The first-order valence-corrected chi connectivity index (χ1v) is 9.74. The Hall–Kier alpha value is -2.09. The smallest absolute Gasteiger partial charge is 0.0561 e. The van der Waals surface area contributed by atoms with E-state index in [1.807, 2.05) is 36.5 Å². The number of anilines is 1. The molecule has 0 saturated heterocycles. The number of para-hydroxylation sites is 1. The van der Waals surface area contributed by atoms with Crippen LogP contribution in [0.2, 0.25) is 0 Å². The van der Waals surface area contributed by atoms with Crippen molar-refractivity contribution < 1.29 is 0 Å². The van der Waals surface area contributed by atoms with E-state index in [0.717, 1.165) is 29.0 Å². The van der Waals surface area contributed by atoms with Crippen molar-refractivity contribution in [2.75, 3.05) is 5.43 Å². The number of nitrogens with zero attached hydrogens (tertiary/aromatic N) is 1. The minimum Gasteiger partial charge on any atom is -0.279 e. The van der Waals surface area contributed by atoms with E-state index in [4.69, 9.17) is 0 Å². The molecule has 25 heavy (non-hydrogen) atoms. The summed E-state index contributed by atoms with van der Waals surface area (Å²) in [6.07, 6.45) is 10.7. The molecule has 4 bridgehead atoms. The molecule has 0 heterocycles. The van der Waals surface area contributed by atoms with E-state index in [-0.39, 0.29) is 0 Å². The van der Waals surface area contributed by atoms with Crippen LogP contribution in [0.15, 0.2) is 59.7 Å². The summed E-state index contributed by atoms with van der Waals surface area (Å²) in [6, 6.07) is 19.3. The van der Waals surface area contributed by atoms with Crippen molar-refractivity contribution in [1.29, 1.82) is 0 Å². The van der Waals surface area contributed by atoms with Crippen LogP contribution in [0.3, 0.4) is 0 Å². The molecule has 128 valence electrons. The van der Waals surface area contributed by atoms with Crippen LogP contribution in [0.1, 0.15) is 49.7 Å². The van der Waals surface area contributed by atoms with Crippen molar-refractivity contribution >= 4 is 11.9 Å². The molecule has 2 aromatic carbocycles. The molecule has 2 heteroatoms. The quantitative estimate of drug-likeness (QED) is 0.572. The van der Waals surface area contributed by atoms with E-state index >= 15 is 0 Å². The maximum atomic E-state index is 4.36. The van der Waals surface area contributed by atoms with Crippen LogP contribution in [-0.2, 0) is 5.41 Å². The highest BCUT2D eigenvalue weighted by Gasteiger charge is 2.51. The highest BCUT2D eigenvalue weighted by molar-refractivity contribution is 5.80. The second-order valence-electron chi connectivity index (χ2n) is 8.56. The Balaban J connectivity index is 1.31. The maximum Gasteiger partial charge on any atom is 0.0561 e. The van der Waals surface area contributed by atoms with Gasteiger partial charge in [0.05, 0.1) is 11.9 Å². The van der Waals surface area contributed by atoms with E-state index in [9.17, 15) is 0 Å². The number of nitrogens with one attached hydrogen (secondary N) is 1. The molecule has 4 aliphatic carbocycles. The Kier molecular flexibility index (Phi) is 3.65. The highest BCUT2D eigenvalue weighted by atomic mass is 15.3. The summed E-state index contributed by atoms with van der Waals surface area (Å²) in [5.74, 6) is 3.01. The lowest BCUT2D eigenvalue weighted by Crippen LogP contribution is -2.48. The molecule has 6 rings (SSSR count). The molecule has 0 atom stereocenters. The lowest BCUT2D eigenvalue weighted by molar-refractivity contribution is -0.00518. The van der Waals surface area contributed by atoms with Crippen molar-refractivity contribution in [3.05, 3.63) is 65.7 Å². The van der Waals surface area contributed by atoms with Crippen molar-refractivity contribution in [2.24, 2.45) is 22.9 Å². The summed E-state index contributed by atoms with van der Waals surface area (Å²) in [4.78, 5) is 0. The van der Waals surface area contributed by atoms with Gasteiger partial charge in [-0.2, -0.15) is 5.10 Å². The minimum atomic E-state index is 0.493. The number of rotatable bonds is 4. The van der Waals surface area contributed by atoms with Gasteiger partial charge in [-0.1, -0.05) is 42.5 Å². The molecular weight excluding hydrogens is 304 g/mol. The van der Waals surface area contributed by atoms with E-state index in [2.05, 4.69) is 34.8 Å². The third-order valence-electron chi connectivity index (χ3n) is 6.74. The molecule has 0 amide bonds. The van der Waals surface area contributed by atoms with Gasteiger partial charge in [0.2, 0.25) is 0 Å². The van der Waals surface area contributed by atoms with Crippen molar-refractivity contribution in [3.8, 4) is 0 Å². The Morgan fingerprint density at radius 2 is 1.40 bits per heavy atom. The van der Waals surface area contributed by atoms with Crippen LogP contribution in [0.5, 0.6) is 0 Å². The van der Waals surface area contributed by atoms with Gasteiger partial charge in [-0.3, -0.25) is 5.43 Å². The second-order valence-corrected chi connectivity index (χ2v) is 8.56. The predicted molar refractivity (Wildman–Crippen MR) is 104 cm³/mol. The van der Waals surface area contributed by atoms with Crippen LogP contribution in [0, 0.1) is 17.8 Å². The van der Waals surface area contributed by atoms with Gasteiger partial charge in [0.1, 0.15) is 0 Å². The van der Waals surface area contributed by atoms with Gasteiger partial charge < -0.3 is 0 Å². The topological polar surface area (TPSA) is 24.4 Å². The number of benzene rings is 2. The third-order valence-corrected chi connectivity index (χ3v) is 6.74. The molecule has 0 aromatic heterocycles. The Morgan fingerprint density at radius 1 is 0.800 bits per heavy atom. The van der Waals surface area contributed by atoms with Crippen LogP contribution in [0.4, 0.5) is 5.69 Å². The summed E-state index contributed by atoms with van der Waals surface area (Å²) in [6.45, 7) is 0. The molecule has 4 aliphatic rings. The van der Waals surface area contributed by atoms with Crippen molar-refractivity contribution in [1.82, 2.24) is 0 Å². The SMILES string of the molecule is C(=NNc1ccccc1)c1ccc(C23CC4CC(CC(C4)C2)C3)cc1. The monoisotopic (exact) mass is 330 g/mol. The standard InChI is InChI=1S/C23H26N2/c1-2-4-22(5-3-1)25-24-16-17-6-8-21(9-7-17)23-13-18-10-19(14-23)12-20(11-18)15-23/h1-9,16,18-20,25H,10-15H2. The lowest BCUT2D eigenvalue weighted by atomic mass is 9.48. The second kappa shape index (κ2) is 6.01. The summed E-state index contributed by atoms with van der Waals surface area (Å²) in [7, 11) is 0.